The van der Waals surface area contributed by atoms with Crippen LogP contribution in [0.4, 0.5) is 6.01 Å². The quantitative estimate of drug-likeness (QED) is 0.687. The number of anilines is 1. The first kappa shape index (κ1) is 10.9. The van der Waals surface area contributed by atoms with E-state index >= 15 is 0 Å². The molecule has 2 heterocycles. The first-order chi connectivity index (χ1) is 7.55. The summed E-state index contributed by atoms with van der Waals surface area (Å²) < 4.78 is 5.35. The Morgan fingerprint density at radius 1 is 1.56 bits per heavy atom. The minimum absolute atomic E-state index is 0.0498. The second kappa shape index (κ2) is 3.75. The van der Waals surface area contributed by atoms with E-state index in [1.54, 1.807) is 4.90 Å². The first-order valence-corrected chi connectivity index (χ1v) is 5.14. The van der Waals surface area contributed by atoms with E-state index in [1.165, 1.54) is 0 Å². The van der Waals surface area contributed by atoms with E-state index in [1.807, 2.05) is 13.8 Å². The van der Waals surface area contributed by atoms with Crippen LogP contribution in [0.25, 0.3) is 0 Å². The van der Waals surface area contributed by atoms with Crippen LogP contribution in [0.5, 0.6) is 0 Å². The largest absolute Gasteiger partial charge is 0.407 e. The predicted molar refractivity (Wildman–Crippen MR) is 56.6 cm³/mol. The number of piperazine rings is 1. The fourth-order valence-electron chi connectivity index (χ4n) is 1.67. The molecule has 7 heteroatoms. The lowest BCUT2D eigenvalue weighted by Gasteiger charge is -2.39. The third kappa shape index (κ3) is 1.63. The van der Waals surface area contributed by atoms with E-state index in [4.69, 9.17) is 10.2 Å². The van der Waals surface area contributed by atoms with Crippen molar-refractivity contribution in [1.82, 2.24) is 15.5 Å². The van der Waals surface area contributed by atoms with Crippen molar-refractivity contribution in [1.29, 1.82) is 0 Å². The molecule has 88 valence electrons. The summed E-state index contributed by atoms with van der Waals surface area (Å²) in [6, 6.07) is 0.348. The molecule has 1 aromatic heterocycles. The summed E-state index contributed by atoms with van der Waals surface area (Å²) in [5, 5.41) is 10.5. The van der Waals surface area contributed by atoms with Gasteiger partial charge in [-0.25, -0.2) is 0 Å². The molecule has 3 N–H and O–H groups in total. The van der Waals surface area contributed by atoms with E-state index < -0.39 is 5.54 Å². The zero-order valence-corrected chi connectivity index (χ0v) is 9.36. The van der Waals surface area contributed by atoms with Gasteiger partial charge in [-0.05, 0) is 13.8 Å². The van der Waals surface area contributed by atoms with Gasteiger partial charge in [0.15, 0.2) is 0 Å². The fourth-order valence-corrected chi connectivity index (χ4v) is 1.67. The van der Waals surface area contributed by atoms with Gasteiger partial charge in [0.25, 0.3) is 0 Å². The monoisotopic (exact) mass is 225 g/mol. The highest BCUT2D eigenvalue weighted by Gasteiger charge is 2.40. The Balaban J connectivity index is 2.28. The van der Waals surface area contributed by atoms with E-state index in [2.05, 4.69) is 15.5 Å². The lowest BCUT2D eigenvalue weighted by molar-refractivity contribution is -0.126. The van der Waals surface area contributed by atoms with Crippen molar-refractivity contribution in [3.8, 4) is 0 Å². The smallest absolute Gasteiger partial charge is 0.319 e. The molecule has 2 rings (SSSR count). The predicted octanol–water partition coefficient (Wildman–Crippen LogP) is -0.757. The Labute approximate surface area is 93.0 Å². The maximum atomic E-state index is 11.7. The molecule has 0 aromatic carbocycles. The topological polar surface area (TPSA) is 97.3 Å². The normalized spacial score (nSPS) is 19.7. The number of nitrogens with zero attached hydrogens (tertiary/aromatic N) is 3. The molecule has 7 nitrogen and oxygen atoms in total. The van der Waals surface area contributed by atoms with Gasteiger partial charge in [-0.3, -0.25) is 4.79 Å². The molecule has 1 amide bonds. The average Bonchev–Trinajstić information content (AvgIpc) is 2.70. The van der Waals surface area contributed by atoms with Crippen LogP contribution in [0.15, 0.2) is 4.42 Å². The van der Waals surface area contributed by atoms with Crippen LogP contribution in [0.2, 0.25) is 0 Å². The number of hydrogen-bond donors (Lipinski definition) is 2. The van der Waals surface area contributed by atoms with E-state index in [9.17, 15) is 4.79 Å². The second-order valence-corrected chi connectivity index (χ2v) is 4.15. The van der Waals surface area contributed by atoms with Crippen molar-refractivity contribution in [2.75, 3.05) is 18.0 Å². The van der Waals surface area contributed by atoms with Crippen molar-refractivity contribution in [3.63, 3.8) is 0 Å². The van der Waals surface area contributed by atoms with Gasteiger partial charge in [-0.1, -0.05) is 5.10 Å². The van der Waals surface area contributed by atoms with Gasteiger partial charge in [-0.2, -0.15) is 0 Å². The number of nitrogens with one attached hydrogen (secondary N) is 1. The molecule has 1 aliphatic rings. The third-order valence-electron chi connectivity index (χ3n) is 2.71. The number of rotatable bonds is 2. The van der Waals surface area contributed by atoms with E-state index in [0.29, 0.717) is 25.0 Å². The van der Waals surface area contributed by atoms with E-state index in [0.717, 1.165) is 0 Å². The highest BCUT2D eigenvalue weighted by Crippen LogP contribution is 2.24. The summed E-state index contributed by atoms with van der Waals surface area (Å²) in [7, 11) is 0. The number of carbonyl (C=O) groups excluding carboxylic acids is 1. The number of carbonyl (C=O) groups is 1. The minimum atomic E-state index is -0.684. The highest BCUT2D eigenvalue weighted by atomic mass is 16.4. The van der Waals surface area contributed by atoms with Gasteiger partial charge < -0.3 is 20.4 Å². The van der Waals surface area contributed by atoms with Crippen LogP contribution in [0.1, 0.15) is 19.7 Å². The van der Waals surface area contributed by atoms with Gasteiger partial charge in [-0.15, -0.1) is 5.10 Å². The average molecular weight is 225 g/mol. The Kier molecular flexibility index (Phi) is 2.55. The van der Waals surface area contributed by atoms with Crippen LogP contribution >= 0.6 is 0 Å². The SMILES string of the molecule is CC1(C)C(=O)NCCN1c1nnc(CN)o1. The molecule has 0 radical (unpaired) electrons. The van der Waals surface area contributed by atoms with Gasteiger partial charge in [0.1, 0.15) is 5.54 Å². The summed E-state index contributed by atoms with van der Waals surface area (Å²) in [6.45, 7) is 5.04. The van der Waals surface area contributed by atoms with Crippen LogP contribution in [-0.4, -0.2) is 34.7 Å². The number of hydrogen-bond acceptors (Lipinski definition) is 6. The molecule has 0 saturated carbocycles. The Morgan fingerprint density at radius 3 is 2.94 bits per heavy atom. The molecule has 1 saturated heterocycles. The zero-order valence-electron chi connectivity index (χ0n) is 9.36. The van der Waals surface area contributed by atoms with Crippen LogP contribution < -0.4 is 16.0 Å². The maximum absolute atomic E-state index is 11.7. The lowest BCUT2D eigenvalue weighted by atomic mass is 10.00. The highest BCUT2D eigenvalue weighted by molar-refractivity contribution is 5.89. The molecular weight excluding hydrogens is 210 g/mol. The summed E-state index contributed by atoms with van der Waals surface area (Å²) >= 11 is 0. The van der Waals surface area contributed by atoms with Crippen LogP contribution in [0.3, 0.4) is 0 Å². The Morgan fingerprint density at radius 2 is 2.31 bits per heavy atom. The first-order valence-electron chi connectivity index (χ1n) is 5.14. The summed E-state index contributed by atoms with van der Waals surface area (Å²) in [5.74, 6) is 0.322. The van der Waals surface area contributed by atoms with Crippen molar-refractivity contribution >= 4 is 11.9 Å². The second-order valence-electron chi connectivity index (χ2n) is 4.15. The minimum Gasteiger partial charge on any atom is -0.407 e. The standard InChI is InChI=1S/C9H15N5O2/c1-9(2)7(15)11-3-4-14(9)8-13-12-6(5-10)16-8/h3-5,10H2,1-2H3,(H,11,15). The number of aromatic nitrogens is 2. The van der Waals surface area contributed by atoms with E-state index in [-0.39, 0.29) is 12.5 Å². The molecule has 0 bridgehead atoms. The summed E-state index contributed by atoms with van der Waals surface area (Å²) in [5.41, 5.74) is 4.71. The Hall–Kier alpha value is -1.63. The molecule has 0 atom stereocenters. The zero-order chi connectivity index (χ0) is 11.8. The molecule has 1 fully saturated rings. The van der Waals surface area contributed by atoms with Gasteiger partial charge in [0.05, 0.1) is 6.54 Å². The fraction of sp³-hybridized carbons (Fsp3) is 0.667. The van der Waals surface area contributed by atoms with Gasteiger partial charge in [0, 0.05) is 13.1 Å². The molecule has 0 spiro atoms. The maximum Gasteiger partial charge on any atom is 0.319 e. The number of amides is 1. The third-order valence-corrected chi connectivity index (χ3v) is 2.71. The molecule has 0 aliphatic carbocycles. The van der Waals surface area contributed by atoms with Crippen LogP contribution in [-0.2, 0) is 11.3 Å². The summed E-state index contributed by atoms with van der Waals surface area (Å²) in [4.78, 5) is 13.5. The number of nitrogens with two attached hydrogens (primary N) is 1. The Bertz CT molecular complexity index is 400. The lowest BCUT2D eigenvalue weighted by Crippen LogP contribution is -2.62. The van der Waals surface area contributed by atoms with Gasteiger partial charge >= 0.3 is 6.01 Å². The molecular formula is C9H15N5O2. The van der Waals surface area contributed by atoms with Crippen molar-refractivity contribution in [2.24, 2.45) is 5.73 Å². The molecule has 0 unspecified atom stereocenters. The summed E-state index contributed by atoms with van der Waals surface area (Å²) in [6.07, 6.45) is 0. The van der Waals surface area contributed by atoms with Crippen molar-refractivity contribution in [2.45, 2.75) is 25.9 Å². The molecule has 1 aliphatic heterocycles. The van der Waals surface area contributed by atoms with Gasteiger partial charge in [0.2, 0.25) is 11.8 Å². The van der Waals surface area contributed by atoms with Crippen LogP contribution in [0, 0.1) is 0 Å². The van der Waals surface area contributed by atoms with Crippen molar-refractivity contribution < 1.29 is 9.21 Å². The molecule has 1 aromatic rings. The van der Waals surface area contributed by atoms with Crippen molar-refractivity contribution in [3.05, 3.63) is 5.89 Å². The molecule has 16 heavy (non-hydrogen) atoms.